The van der Waals surface area contributed by atoms with Crippen LogP contribution in [0.5, 0.6) is 11.5 Å². The number of ether oxygens (including phenoxy) is 3. The molecule has 4 aromatic rings. The Kier molecular flexibility index (Phi) is 8.74. The van der Waals surface area contributed by atoms with E-state index >= 15 is 0 Å². The van der Waals surface area contributed by atoms with Crippen LogP contribution in [0.25, 0.3) is 6.08 Å². The zero-order chi connectivity index (χ0) is 29.1. The smallest absolute Gasteiger partial charge is 0.338 e. The maximum atomic E-state index is 13.9. The van der Waals surface area contributed by atoms with Crippen LogP contribution in [0.3, 0.4) is 0 Å². The topological polar surface area (TPSA) is 79.1 Å². The summed E-state index contributed by atoms with van der Waals surface area (Å²) in [5.41, 5.74) is 4.61. The molecule has 2 heterocycles. The van der Waals surface area contributed by atoms with Gasteiger partial charge in [0.25, 0.3) is 5.56 Å². The highest BCUT2D eigenvalue weighted by Gasteiger charge is 2.33. The fourth-order valence-electron chi connectivity index (χ4n) is 4.89. The molecule has 5 rings (SSSR count). The largest absolute Gasteiger partial charge is 0.493 e. The van der Waals surface area contributed by atoms with E-state index in [1.54, 1.807) is 11.7 Å². The summed E-state index contributed by atoms with van der Waals surface area (Å²) in [5.74, 6) is 0.730. The third-order valence-corrected chi connectivity index (χ3v) is 8.56. The maximum absolute atomic E-state index is 13.9. The third-order valence-electron chi connectivity index (χ3n) is 6.78. The van der Waals surface area contributed by atoms with E-state index in [-0.39, 0.29) is 5.56 Å². The van der Waals surface area contributed by atoms with Gasteiger partial charge in [0.15, 0.2) is 16.3 Å². The van der Waals surface area contributed by atoms with E-state index in [0.717, 1.165) is 20.3 Å². The number of esters is 1. The summed E-state index contributed by atoms with van der Waals surface area (Å²) in [5, 5.41) is 0. The Bertz CT molecular complexity index is 1820. The molecule has 0 bridgehead atoms. The predicted octanol–water partition coefficient (Wildman–Crippen LogP) is 5.30. The lowest BCUT2D eigenvalue weighted by Crippen LogP contribution is -2.40. The van der Waals surface area contributed by atoms with Gasteiger partial charge in [-0.1, -0.05) is 78.4 Å². The summed E-state index contributed by atoms with van der Waals surface area (Å²) in [6, 6.07) is 20.9. The zero-order valence-electron chi connectivity index (χ0n) is 23.1. The number of hydrogen-bond donors (Lipinski definition) is 0. The summed E-state index contributed by atoms with van der Waals surface area (Å²) >= 11 is 3.52. The number of rotatable bonds is 8. The Morgan fingerprint density at radius 2 is 1.88 bits per heavy atom. The number of carbonyl (C=O) groups is 1. The van der Waals surface area contributed by atoms with Crippen LogP contribution in [-0.4, -0.2) is 24.8 Å². The SMILES string of the molecule is CCC1=C(C(=O)OC)[C@H](c2ccccc2)n2c(s/c(=C\c3cc(I)c(OCc4cccc(C)c4)c(OC)c3)c2=O)=N1. The summed E-state index contributed by atoms with van der Waals surface area (Å²) in [4.78, 5) is 32.1. The van der Waals surface area contributed by atoms with Crippen LogP contribution >= 0.6 is 33.9 Å². The number of halogens is 1. The minimum Gasteiger partial charge on any atom is -0.493 e. The molecule has 9 heteroatoms. The average molecular weight is 681 g/mol. The molecule has 0 fully saturated rings. The molecule has 7 nitrogen and oxygen atoms in total. The molecule has 0 saturated heterocycles. The summed E-state index contributed by atoms with van der Waals surface area (Å²) in [6.45, 7) is 4.40. The molecule has 1 aliphatic rings. The minimum absolute atomic E-state index is 0.229. The van der Waals surface area contributed by atoms with Gasteiger partial charge in [0, 0.05) is 0 Å². The Labute approximate surface area is 255 Å². The molecule has 1 atom stereocenters. The lowest BCUT2D eigenvalue weighted by atomic mass is 9.95. The van der Waals surface area contributed by atoms with Crippen molar-refractivity contribution in [1.29, 1.82) is 0 Å². The Morgan fingerprint density at radius 3 is 2.56 bits per heavy atom. The number of benzene rings is 3. The van der Waals surface area contributed by atoms with Crippen LogP contribution in [0.4, 0.5) is 0 Å². The van der Waals surface area contributed by atoms with Gasteiger partial charge in [-0.25, -0.2) is 9.79 Å². The zero-order valence-corrected chi connectivity index (χ0v) is 26.1. The van der Waals surface area contributed by atoms with E-state index in [2.05, 4.69) is 28.7 Å². The first kappa shape index (κ1) is 28.8. The summed E-state index contributed by atoms with van der Waals surface area (Å²) in [7, 11) is 2.95. The fourth-order valence-corrected chi connectivity index (χ4v) is 6.69. The van der Waals surface area contributed by atoms with Gasteiger partial charge in [0.2, 0.25) is 0 Å². The van der Waals surface area contributed by atoms with E-state index in [0.29, 0.717) is 45.1 Å². The molecule has 0 spiro atoms. The standard InChI is InChI=1S/C32H29IN2O5S/c1-5-24-27(31(37)39-4)28(22-12-7-6-8-13-22)35-30(36)26(41-32(35)34-24)17-21-15-23(33)29(25(16-21)38-3)40-18-20-11-9-10-19(2)14-20/h6-17,28H,5,18H2,1-4H3/b26-17-/t28-/m0/s1. The molecule has 0 radical (unpaired) electrons. The number of methoxy groups -OCH3 is 2. The van der Waals surface area contributed by atoms with Crippen molar-refractivity contribution < 1.29 is 19.0 Å². The van der Waals surface area contributed by atoms with Gasteiger partial charge in [0.1, 0.15) is 6.61 Å². The predicted molar refractivity (Wildman–Crippen MR) is 168 cm³/mol. The molecule has 1 aromatic heterocycles. The van der Waals surface area contributed by atoms with E-state index in [1.807, 2.05) is 80.6 Å². The van der Waals surface area contributed by atoms with Gasteiger partial charge in [-0.3, -0.25) is 9.36 Å². The first-order chi connectivity index (χ1) is 19.8. The normalized spacial score (nSPS) is 14.9. The van der Waals surface area contributed by atoms with Crippen LogP contribution < -0.4 is 24.4 Å². The number of fused-ring (bicyclic) bond motifs is 1. The van der Waals surface area contributed by atoms with E-state index in [9.17, 15) is 9.59 Å². The highest BCUT2D eigenvalue weighted by Crippen LogP contribution is 2.35. The number of allylic oxidation sites excluding steroid dienone is 1. The first-order valence-corrected chi connectivity index (χ1v) is 15.0. The van der Waals surface area contributed by atoms with E-state index in [1.165, 1.54) is 24.0 Å². The number of thiazole rings is 1. The second kappa shape index (κ2) is 12.4. The Balaban J connectivity index is 1.59. The van der Waals surface area contributed by atoms with Crippen LogP contribution in [0.15, 0.2) is 87.8 Å². The Hall–Kier alpha value is -3.70. The minimum atomic E-state index is -0.635. The van der Waals surface area contributed by atoms with Crippen LogP contribution in [0, 0.1) is 10.5 Å². The monoisotopic (exact) mass is 680 g/mol. The third kappa shape index (κ3) is 5.87. The molecule has 41 heavy (non-hydrogen) atoms. The number of hydrogen-bond acceptors (Lipinski definition) is 7. The van der Waals surface area contributed by atoms with Gasteiger partial charge in [-0.15, -0.1) is 0 Å². The van der Waals surface area contributed by atoms with Crippen molar-refractivity contribution in [1.82, 2.24) is 4.57 Å². The quantitative estimate of drug-likeness (QED) is 0.187. The molecule has 0 aliphatic carbocycles. The van der Waals surface area contributed by atoms with Crippen molar-refractivity contribution in [2.24, 2.45) is 4.99 Å². The molecule has 210 valence electrons. The highest BCUT2D eigenvalue weighted by atomic mass is 127. The van der Waals surface area contributed by atoms with Gasteiger partial charge in [-0.2, -0.15) is 0 Å². The number of aryl methyl sites for hydroxylation is 1. The van der Waals surface area contributed by atoms with Gasteiger partial charge >= 0.3 is 5.97 Å². The van der Waals surface area contributed by atoms with Crippen molar-refractivity contribution in [3.05, 3.63) is 124 Å². The lowest BCUT2D eigenvalue weighted by molar-refractivity contribution is -0.136. The molecule has 3 aromatic carbocycles. The molecule has 0 unspecified atom stereocenters. The van der Waals surface area contributed by atoms with E-state index in [4.69, 9.17) is 19.2 Å². The molecule has 0 amide bonds. The number of carbonyl (C=O) groups excluding carboxylic acids is 1. The van der Waals surface area contributed by atoms with Crippen molar-refractivity contribution in [2.75, 3.05) is 14.2 Å². The summed E-state index contributed by atoms with van der Waals surface area (Å²) < 4.78 is 19.9. The van der Waals surface area contributed by atoms with Crippen LogP contribution in [0.2, 0.25) is 0 Å². The van der Waals surface area contributed by atoms with Crippen LogP contribution in [0.1, 0.15) is 41.6 Å². The molecule has 0 N–H and O–H groups in total. The first-order valence-electron chi connectivity index (χ1n) is 13.1. The van der Waals surface area contributed by atoms with Crippen molar-refractivity contribution in [2.45, 2.75) is 32.9 Å². The van der Waals surface area contributed by atoms with Gasteiger partial charge < -0.3 is 14.2 Å². The fraction of sp³-hybridized carbons (Fsp3) is 0.219. The molecular formula is C32H29IN2O5S. The molecule has 0 saturated carbocycles. The van der Waals surface area contributed by atoms with Crippen molar-refractivity contribution in [3.8, 4) is 11.5 Å². The molecular weight excluding hydrogens is 651 g/mol. The van der Waals surface area contributed by atoms with E-state index < -0.39 is 12.0 Å². The molecule has 1 aliphatic heterocycles. The van der Waals surface area contributed by atoms with Crippen molar-refractivity contribution >= 4 is 46.0 Å². The summed E-state index contributed by atoms with van der Waals surface area (Å²) in [6.07, 6.45) is 2.35. The second-order valence-electron chi connectivity index (χ2n) is 9.51. The van der Waals surface area contributed by atoms with Gasteiger partial charge in [-0.05, 0) is 70.8 Å². The number of aromatic nitrogens is 1. The van der Waals surface area contributed by atoms with Crippen molar-refractivity contribution in [3.63, 3.8) is 0 Å². The van der Waals surface area contributed by atoms with Crippen LogP contribution in [-0.2, 0) is 16.1 Å². The number of nitrogens with zero attached hydrogens (tertiary/aromatic N) is 2. The Morgan fingerprint density at radius 1 is 1.10 bits per heavy atom. The lowest BCUT2D eigenvalue weighted by Gasteiger charge is -2.25. The van der Waals surface area contributed by atoms with Gasteiger partial charge in [0.05, 0.1) is 39.6 Å². The maximum Gasteiger partial charge on any atom is 0.338 e. The highest BCUT2D eigenvalue weighted by molar-refractivity contribution is 14.1. The average Bonchev–Trinajstić information content (AvgIpc) is 3.29. The second-order valence-corrected chi connectivity index (χ2v) is 11.7.